The standard InChI is InChI=1S/C14H19N5O2S/c1-3-18(4-2)9-8-15-14-17-16-13(22-14)11-6-5-7-12(10-11)19(20)21/h5-7,10H,3-4,8-9H2,1-2H3,(H,15,17). The number of rotatable bonds is 8. The van der Waals surface area contributed by atoms with E-state index in [0.29, 0.717) is 10.6 Å². The van der Waals surface area contributed by atoms with Gasteiger partial charge in [-0.15, -0.1) is 10.2 Å². The predicted molar refractivity (Wildman–Crippen MR) is 88.3 cm³/mol. The van der Waals surface area contributed by atoms with E-state index >= 15 is 0 Å². The van der Waals surface area contributed by atoms with Gasteiger partial charge in [-0.3, -0.25) is 10.1 Å². The SMILES string of the molecule is CCN(CC)CCNc1nnc(-c2cccc([N+](=O)[O-])c2)s1. The van der Waals surface area contributed by atoms with Crippen LogP contribution in [0.5, 0.6) is 0 Å². The Hall–Kier alpha value is -2.06. The van der Waals surface area contributed by atoms with E-state index in [1.54, 1.807) is 12.1 Å². The topological polar surface area (TPSA) is 84.2 Å². The number of nitrogens with zero attached hydrogens (tertiary/aromatic N) is 4. The molecule has 0 unspecified atom stereocenters. The number of non-ortho nitro benzene ring substituents is 1. The largest absolute Gasteiger partial charge is 0.359 e. The van der Waals surface area contributed by atoms with Gasteiger partial charge in [-0.1, -0.05) is 37.3 Å². The molecule has 0 radical (unpaired) electrons. The second kappa shape index (κ2) is 7.81. The highest BCUT2D eigenvalue weighted by molar-refractivity contribution is 7.18. The fraction of sp³-hybridized carbons (Fsp3) is 0.429. The van der Waals surface area contributed by atoms with Crippen LogP contribution in [-0.2, 0) is 0 Å². The first-order valence-corrected chi connectivity index (χ1v) is 8.00. The zero-order valence-corrected chi connectivity index (χ0v) is 13.5. The van der Waals surface area contributed by atoms with E-state index in [4.69, 9.17) is 0 Å². The summed E-state index contributed by atoms with van der Waals surface area (Å²) in [7, 11) is 0. The van der Waals surface area contributed by atoms with Crippen molar-refractivity contribution >= 4 is 22.2 Å². The van der Waals surface area contributed by atoms with Crippen molar-refractivity contribution in [1.29, 1.82) is 0 Å². The Balaban J connectivity index is 1.99. The van der Waals surface area contributed by atoms with Gasteiger partial charge in [0, 0.05) is 30.8 Å². The molecular weight excluding hydrogens is 302 g/mol. The van der Waals surface area contributed by atoms with Crippen molar-refractivity contribution in [3.8, 4) is 10.6 Å². The Kier molecular flexibility index (Phi) is 5.79. The maximum atomic E-state index is 10.8. The molecule has 1 heterocycles. The van der Waals surface area contributed by atoms with E-state index in [0.717, 1.165) is 31.3 Å². The summed E-state index contributed by atoms with van der Waals surface area (Å²) in [5, 5.41) is 23.6. The van der Waals surface area contributed by atoms with Gasteiger partial charge in [-0.25, -0.2) is 0 Å². The highest BCUT2D eigenvalue weighted by Crippen LogP contribution is 2.28. The molecule has 0 saturated carbocycles. The zero-order valence-electron chi connectivity index (χ0n) is 12.7. The van der Waals surface area contributed by atoms with Crippen LogP contribution in [0.3, 0.4) is 0 Å². The quantitative estimate of drug-likeness (QED) is 0.594. The van der Waals surface area contributed by atoms with Gasteiger partial charge in [0.1, 0.15) is 5.01 Å². The molecule has 1 N–H and O–H groups in total. The normalized spacial score (nSPS) is 10.9. The van der Waals surface area contributed by atoms with E-state index in [-0.39, 0.29) is 5.69 Å². The number of likely N-dealkylation sites (N-methyl/N-ethyl adjacent to an activating group) is 1. The van der Waals surface area contributed by atoms with Gasteiger partial charge in [0.15, 0.2) is 0 Å². The number of nitrogens with one attached hydrogen (secondary N) is 1. The Morgan fingerprint density at radius 2 is 2.09 bits per heavy atom. The number of nitro groups is 1. The molecular formula is C14H19N5O2S. The van der Waals surface area contributed by atoms with Gasteiger partial charge in [-0.2, -0.15) is 0 Å². The molecule has 118 valence electrons. The molecule has 0 amide bonds. The van der Waals surface area contributed by atoms with Gasteiger partial charge in [0.2, 0.25) is 5.13 Å². The Bertz CT molecular complexity index is 627. The Morgan fingerprint density at radius 3 is 2.77 bits per heavy atom. The predicted octanol–water partition coefficient (Wildman–Crippen LogP) is 2.87. The molecule has 1 aromatic heterocycles. The van der Waals surface area contributed by atoms with Crippen LogP contribution in [0.25, 0.3) is 10.6 Å². The van der Waals surface area contributed by atoms with Crippen LogP contribution >= 0.6 is 11.3 Å². The third kappa shape index (κ3) is 4.22. The molecule has 0 fully saturated rings. The van der Waals surface area contributed by atoms with Crippen LogP contribution < -0.4 is 5.32 Å². The first-order valence-electron chi connectivity index (χ1n) is 7.18. The highest BCUT2D eigenvalue weighted by Gasteiger charge is 2.11. The molecule has 22 heavy (non-hydrogen) atoms. The molecule has 0 atom stereocenters. The van der Waals surface area contributed by atoms with Gasteiger partial charge in [0.25, 0.3) is 5.69 Å². The Morgan fingerprint density at radius 1 is 1.32 bits per heavy atom. The molecule has 0 aliphatic heterocycles. The minimum atomic E-state index is -0.409. The third-order valence-electron chi connectivity index (χ3n) is 3.33. The van der Waals surface area contributed by atoms with Crippen molar-refractivity contribution in [3.05, 3.63) is 34.4 Å². The van der Waals surface area contributed by atoms with Crippen LogP contribution in [0.1, 0.15) is 13.8 Å². The van der Waals surface area contributed by atoms with Crippen molar-refractivity contribution in [2.75, 3.05) is 31.5 Å². The molecule has 1 aromatic carbocycles. The molecule has 0 aliphatic carbocycles. The van der Waals surface area contributed by atoms with E-state index in [9.17, 15) is 10.1 Å². The molecule has 0 aliphatic rings. The van der Waals surface area contributed by atoms with Crippen LogP contribution in [-0.4, -0.2) is 46.2 Å². The second-order valence-electron chi connectivity index (χ2n) is 4.67. The summed E-state index contributed by atoms with van der Waals surface area (Å²) in [4.78, 5) is 12.7. The maximum absolute atomic E-state index is 10.8. The van der Waals surface area contributed by atoms with Gasteiger partial charge in [-0.05, 0) is 13.1 Å². The number of hydrogen-bond donors (Lipinski definition) is 1. The van der Waals surface area contributed by atoms with Crippen molar-refractivity contribution in [2.24, 2.45) is 0 Å². The molecule has 8 heteroatoms. The second-order valence-corrected chi connectivity index (χ2v) is 5.65. The number of benzene rings is 1. The highest BCUT2D eigenvalue weighted by atomic mass is 32.1. The maximum Gasteiger partial charge on any atom is 0.270 e. The monoisotopic (exact) mass is 321 g/mol. The summed E-state index contributed by atoms with van der Waals surface area (Å²) < 4.78 is 0. The van der Waals surface area contributed by atoms with Crippen LogP contribution in [0, 0.1) is 10.1 Å². The molecule has 2 rings (SSSR count). The zero-order chi connectivity index (χ0) is 15.9. The van der Waals surface area contributed by atoms with Crippen molar-refractivity contribution in [2.45, 2.75) is 13.8 Å². The van der Waals surface area contributed by atoms with E-state index in [2.05, 4.69) is 34.3 Å². The summed E-state index contributed by atoms with van der Waals surface area (Å²) in [5.74, 6) is 0. The molecule has 0 spiro atoms. The van der Waals surface area contributed by atoms with Crippen LogP contribution in [0.4, 0.5) is 10.8 Å². The smallest absolute Gasteiger partial charge is 0.270 e. The molecule has 7 nitrogen and oxygen atoms in total. The fourth-order valence-electron chi connectivity index (χ4n) is 2.02. The van der Waals surface area contributed by atoms with Crippen molar-refractivity contribution in [1.82, 2.24) is 15.1 Å². The van der Waals surface area contributed by atoms with E-state index in [1.807, 2.05) is 0 Å². The lowest BCUT2D eigenvalue weighted by Crippen LogP contribution is -2.28. The number of hydrogen-bond acceptors (Lipinski definition) is 7. The summed E-state index contributed by atoms with van der Waals surface area (Å²) >= 11 is 1.40. The first-order chi connectivity index (χ1) is 10.6. The average molecular weight is 321 g/mol. The van der Waals surface area contributed by atoms with E-state index in [1.165, 1.54) is 23.5 Å². The minimum Gasteiger partial charge on any atom is -0.359 e. The number of aromatic nitrogens is 2. The van der Waals surface area contributed by atoms with Gasteiger partial charge >= 0.3 is 0 Å². The van der Waals surface area contributed by atoms with Gasteiger partial charge < -0.3 is 10.2 Å². The molecule has 0 saturated heterocycles. The summed E-state index contributed by atoms with van der Waals surface area (Å²) in [6.07, 6.45) is 0. The van der Waals surface area contributed by atoms with Crippen LogP contribution in [0.15, 0.2) is 24.3 Å². The molecule has 2 aromatic rings. The van der Waals surface area contributed by atoms with Crippen molar-refractivity contribution in [3.63, 3.8) is 0 Å². The van der Waals surface area contributed by atoms with Crippen LogP contribution in [0.2, 0.25) is 0 Å². The number of nitro benzene ring substituents is 1. The fourth-order valence-corrected chi connectivity index (χ4v) is 2.79. The molecule has 0 bridgehead atoms. The van der Waals surface area contributed by atoms with Gasteiger partial charge in [0.05, 0.1) is 4.92 Å². The minimum absolute atomic E-state index is 0.0590. The number of anilines is 1. The first kappa shape index (κ1) is 16.3. The average Bonchev–Trinajstić information content (AvgIpc) is 3.00. The lowest BCUT2D eigenvalue weighted by Gasteiger charge is -2.17. The third-order valence-corrected chi connectivity index (χ3v) is 4.26. The lowest BCUT2D eigenvalue weighted by atomic mass is 10.2. The summed E-state index contributed by atoms with van der Waals surface area (Å²) in [6.45, 7) is 8.05. The summed E-state index contributed by atoms with van der Waals surface area (Å²) in [5.41, 5.74) is 0.771. The Labute approximate surface area is 133 Å². The summed E-state index contributed by atoms with van der Waals surface area (Å²) in [6, 6.07) is 6.43. The van der Waals surface area contributed by atoms with E-state index < -0.39 is 4.92 Å². The van der Waals surface area contributed by atoms with Crippen molar-refractivity contribution < 1.29 is 4.92 Å². The lowest BCUT2D eigenvalue weighted by molar-refractivity contribution is -0.384.